The van der Waals surface area contributed by atoms with Crippen molar-refractivity contribution >= 4 is 11.3 Å². The first-order valence-electron chi connectivity index (χ1n) is 7.84. The summed E-state index contributed by atoms with van der Waals surface area (Å²) >= 11 is 1.79. The smallest absolute Gasteiger partial charge is 0.134 e. The van der Waals surface area contributed by atoms with Crippen LogP contribution >= 0.6 is 11.3 Å². The summed E-state index contributed by atoms with van der Waals surface area (Å²) in [6, 6.07) is 10.8. The molecule has 0 fully saturated rings. The normalized spacial score (nSPS) is 15.5. The Kier molecular flexibility index (Phi) is 4.94. The van der Waals surface area contributed by atoms with Gasteiger partial charge in [0, 0.05) is 11.3 Å². The molecule has 1 atom stereocenters. The zero-order valence-corrected chi connectivity index (χ0v) is 13.4. The standard InChI is InChI=1S/C18H23NOS/c1-19-12-11-17(18-10-5-13-21-18)20-16-9-4-7-14-6-2-3-8-15(14)16/h4-5,7,9-10,13,17,19H,2-3,6,8,11-12H2,1H3. The first kappa shape index (κ1) is 14.6. The van der Waals surface area contributed by atoms with Crippen LogP contribution in [0.5, 0.6) is 5.75 Å². The van der Waals surface area contributed by atoms with E-state index in [1.165, 1.54) is 35.3 Å². The molecule has 0 saturated carbocycles. The van der Waals surface area contributed by atoms with Crippen molar-refractivity contribution < 1.29 is 4.74 Å². The van der Waals surface area contributed by atoms with Gasteiger partial charge in [0.1, 0.15) is 11.9 Å². The van der Waals surface area contributed by atoms with Gasteiger partial charge in [0.15, 0.2) is 0 Å². The monoisotopic (exact) mass is 301 g/mol. The molecule has 1 unspecified atom stereocenters. The van der Waals surface area contributed by atoms with Crippen LogP contribution in [0.3, 0.4) is 0 Å². The lowest BCUT2D eigenvalue weighted by atomic mass is 9.91. The van der Waals surface area contributed by atoms with Crippen molar-refractivity contribution in [1.82, 2.24) is 5.32 Å². The maximum Gasteiger partial charge on any atom is 0.134 e. The maximum absolute atomic E-state index is 6.43. The van der Waals surface area contributed by atoms with Crippen molar-refractivity contribution in [3.05, 3.63) is 51.7 Å². The summed E-state index contributed by atoms with van der Waals surface area (Å²) in [5.74, 6) is 1.10. The summed E-state index contributed by atoms with van der Waals surface area (Å²) in [4.78, 5) is 1.32. The second kappa shape index (κ2) is 7.10. The van der Waals surface area contributed by atoms with Crippen LogP contribution in [0, 0.1) is 0 Å². The van der Waals surface area contributed by atoms with Crippen LogP contribution in [0.25, 0.3) is 0 Å². The number of benzene rings is 1. The van der Waals surface area contributed by atoms with Gasteiger partial charge in [0.05, 0.1) is 0 Å². The zero-order valence-electron chi connectivity index (χ0n) is 12.6. The topological polar surface area (TPSA) is 21.3 Å². The molecule has 1 N–H and O–H groups in total. The Bertz CT molecular complexity index is 565. The van der Waals surface area contributed by atoms with Gasteiger partial charge < -0.3 is 10.1 Å². The van der Waals surface area contributed by atoms with Crippen LogP contribution in [0.4, 0.5) is 0 Å². The van der Waals surface area contributed by atoms with Crippen LogP contribution in [0.1, 0.15) is 41.4 Å². The number of ether oxygens (including phenoxy) is 1. The summed E-state index contributed by atoms with van der Waals surface area (Å²) in [5, 5.41) is 5.36. The highest BCUT2D eigenvalue weighted by Gasteiger charge is 2.19. The molecule has 3 rings (SSSR count). The van der Waals surface area contributed by atoms with Crippen molar-refractivity contribution in [2.75, 3.05) is 13.6 Å². The third kappa shape index (κ3) is 3.47. The van der Waals surface area contributed by atoms with Gasteiger partial charge in [-0.2, -0.15) is 0 Å². The predicted octanol–water partition coefficient (Wildman–Crippen LogP) is 4.36. The van der Waals surface area contributed by atoms with Gasteiger partial charge in [0.25, 0.3) is 0 Å². The molecule has 0 amide bonds. The molecule has 0 aliphatic heterocycles. The average molecular weight is 301 g/mol. The Hall–Kier alpha value is -1.32. The van der Waals surface area contributed by atoms with Crippen molar-refractivity contribution in [1.29, 1.82) is 0 Å². The molecule has 2 aromatic rings. The lowest BCUT2D eigenvalue weighted by Crippen LogP contribution is -2.16. The number of aryl methyl sites for hydroxylation is 1. The number of rotatable bonds is 6. The molecular weight excluding hydrogens is 278 g/mol. The number of fused-ring (bicyclic) bond motifs is 1. The fraction of sp³-hybridized carbons (Fsp3) is 0.444. The van der Waals surface area contributed by atoms with E-state index in [-0.39, 0.29) is 6.10 Å². The van der Waals surface area contributed by atoms with Gasteiger partial charge in [-0.15, -0.1) is 11.3 Å². The predicted molar refractivity (Wildman–Crippen MR) is 89.3 cm³/mol. The number of hydrogen-bond donors (Lipinski definition) is 1. The minimum atomic E-state index is 0.158. The lowest BCUT2D eigenvalue weighted by molar-refractivity contribution is 0.196. The third-order valence-electron chi connectivity index (χ3n) is 4.14. The first-order chi connectivity index (χ1) is 10.4. The van der Waals surface area contributed by atoms with E-state index in [1.807, 2.05) is 7.05 Å². The van der Waals surface area contributed by atoms with E-state index in [4.69, 9.17) is 4.74 Å². The van der Waals surface area contributed by atoms with E-state index in [0.29, 0.717) is 0 Å². The summed E-state index contributed by atoms with van der Waals surface area (Å²) in [6.45, 7) is 0.970. The van der Waals surface area contributed by atoms with E-state index in [2.05, 4.69) is 41.0 Å². The van der Waals surface area contributed by atoms with Gasteiger partial charge in [-0.1, -0.05) is 18.2 Å². The Morgan fingerprint density at radius 3 is 2.90 bits per heavy atom. The van der Waals surface area contributed by atoms with Crippen LogP contribution in [0.15, 0.2) is 35.7 Å². The molecule has 2 nitrogen and oxygen atoms in total. The summed E-state index contributed by atoms with van der Waals surface area (Å²) in [5.41, 5.74) is 2.92. The van der Waals surface area contributed by atoms with Gasteiger partial charge in [0.2, 0.25) is 0 Å². The molecular formula is C18H23NOS. The van der Waals surface area contributed by atoms with E-state index in [0.717, 1.165) is 25.1 Å². The van der Waals surface area contributed by atoms with Crippen LogP contribution < -0.4 is 10.1 Å². The molecule has 3 heteroatoms. The molecule has 112 valence electrons. The van der Waals surface area contributed by atoms with Crippen molar-refractivity contribution in [3.63, 3.8) is 0 Å². The van der Waals surface area contributed by atoms with Gasteiger partial charge in [-0.05, 0) is 67.9 Å². The second-order valence-electron chi connectivity index (χ2n) is 5.62. The largest absolute Gasteiger partial charge is 0.485 e. The Morgan fingerprint density at radius 2 is 2.10 bits per heavy atom. The van der Waals surface area contributed by atoms with E-state index in [1.54, 1.807) is 11.3 Å². The number of thiophene rings is 1. The summed E-state index contributed by atoms with van der Waals surface area (Å²) in [6.07, 6.45) is 6.12. The molecule has 0 spiro atoms. The van der Waals surface area contributed by atoms with Crippen LogP contribution in [-0.2, 0) is 12.8 Å². The fourth-order valence-corrected chi connectivity index (χ4v) is 3.81. The molecule has 1 aliphatic carbocycles. The number of hydrogen-bond acceptors (Lipinski definition) is 3. The SMILES string of the molecule is CNCCC(Oc1cccc2c1CCCC2)c1cccs1. The summed E-state index contributed by atoms with van der Waals surface area (Å²) < 4.78 is 6.43. The molecule has 1 aromatic carbocycles. The zero-order chi connectivity index (χ0) is 14.5. The van der Waals surface area contributed by atoms with E-state index >= 15 is 0 Å². The highest BCUT2D eigenvalue weighted by atomic mass is 32.1. The number of nitrogens with one attached hydrogen (secondary N) is 1. The Labute approximate surface area is 131 Å². The molecule has 0 saturated heterocycles. The fourth-order valence-electron chi connectivity index (χ4n) is 3.02. The Morgan fingerprint density at radius 1 is 1.19 bits per heavy atom. The molecule has 1 heterocycles. The average Bonchev–Trinajstić information content (AvgIpc) is 3.06. The van der Waals surface area contributed by atoms with Crippen molar-refractivity contribution in [2.45, 2.75) is 38.2 Å². The van der Waals surface area contributed by atoms with Crippen LogP contribution in [0.2, 0.25) is 0 Å². The minimum absolute atomic E-state index is 0.158. The lowest BCUT2D eigenvalue weighted by Gasteiger charge is -2.23. The highest BCUT2D eigenvalue weighted by Crippen LogP contribution is 2.34. The molecule has 21 heavy (non-hydrogen) atoms. The molecule has 0 radical (unpaired) electrons. The van der Waals surface area contributed by atoms with E-state index in [9.17, 15) is 0 Å². The maximum atomic E-state index is 6.43. The minimum Gasteiger partial charge on any atom is -0.485 e. The van der Waals surface area contributed by atoms with Gasteiger partial charge in [-0.3, -0.25) is 0 Å². The van der Waals surface area contributed by atoms with Crippen molar-refractivity contribution in [2.24, 2.45) is 0 Å². The third-order valence-corrected chi connectivity index (χ3v) is 5.10. The molecule has 1 aliphatic rings. The van der Waals surface area contributed by atoms with E-state index < -0.39 is 0 Å². The quantitative estimate of drug-likeness (QED) is 0.856. The first-order valence-corrected chi connectivity index (χ1v) is 8.72. The van der Waals surface area contributed by atoms with Crippen molar-refractivity contribution in [3.8, 4) is 5.75 Å². The van der Waals surface area contributed by atoms with Gasteiger partial charge >= 0.3 is 0 Å². The highest BCUT2D eigenvalue weighted by molar-refractivity contribution is 7.10. The molecule has 1 aromatic heterocycles. The summed E-state index contributed by atoms with van der Waals surface area (Å²) in [7, 11) is 2.00. The molecule has 0 bridgehead atoms. The Balaban J connectivity index is 1.82. The second-order valence-corrected chi connectivity index (χ2v) is 6.59. The van der Waals surface area contributed by atoms with Crippen LogP contribution in [-0.4, -0.2) is 13.6 Å². The van der Waals surface area contributed by atoms with Gasteiger partial charge in [-0.25, -0.2) is 0 Å².